The smallest absolute Gasteiger partial charge is 0.228 e. The zero-order valence-electron chi connectivity index (χ0n) is 10.2. The Bertz CT molecular complexity index is 468. The summed E-state index contributed by atoms with van der Waals surface area (Å²) in [5.41, 5.74) is 6.54. The molecule has 18 heavy (non-hydrogen) atoms. The summed E-state index contributed by atoms with van der Waals surface area (Å²) in [6, 6.07) is 7.20. The molecule has 5 heteroatoms. The average Bonchev–Trinajstić information content (AvgIpc) is 2.36. The van der Waals surface area contributed by atoms with E-state index in [0.717, 1.165) is 17.3 Å². The Morgan fingerprint density at radius 1 is 1.61 bits per heavy atom. The van der Waals surface area contributed by atoms with E-state index < -0.39 is 0 Å². The van der Waals surface area contributed by atoms with Gasteiger partial charge in [0.2, 0.25) is 5.91 Å². The van der Waals surface area contributed by atoms with Crippen molar-refractivity contribution in [3.05, 3.63) is 28.2 Å². The number of hydrogen-bond acceptors (Lipinski definition) is 3. The van der Waals surface area contributed by atoms with E-state index in [1.54, 1.807) is 18.2 Å². The first-order valence-electron chi connectivity index (χ1n) is 5.83. The summed E-state index contributed by atoms with van der Waals surface area (Å²) in [5.74, 6) is -0.338. The van der Waals surface area contributed by atoms with Crippen LogP contribution in [0.1, 0.15) is 25.3 Å². The number of halogens is 1. The van der Waals surface area contributed by atoms with Crippen LogP contribution in [0.5, 0.6) is 0 Å². The molecule has 1 rings (SSSR count). The van der Waals surface area contributed by atoms with E-state index in [1.165, 1.54) is 0 Å². The largest absolute Gasteiger partial charge is 0.330 e. The van der Waals surface area contributed by atoms with E-state index in [9.17, 15) is 4.79 Å². The highest BCUT2D eigenvalue weighted by Crippen LogP contribution is 2.21. The molecule has 0 bridgehead atoms. The predicted molar refractivity (Wildman–Crippen MR) is 74.9 cm³/mol. The van der Waals surface area contributed by atoms with Gasteiger partial charge in [0.15, 0.2) is 0 Å². The molecule has 1 aromatic carbocycles. The molecule has 0 aliphatic rings. The lowest BCUT2D eigenvalue weighted by Gasteiger charge is -2.14. The highest BCUT2D eigenvalue weighted by molar-refractivity contribution is 9.10. The Morgan fingerprint density at radius 2 is 2.33 bits per heavy atom. The molecular formula is C13H16BrN3O. The van der Waals surface area contributed by atoms with Crippen LogP contribution >= 0.6 is 15.9 Å². The molecule has 1 amide bonds. The van der Waals surface area contributed by atoms with Crippen LogP contribution in [-0.4, -0.2) is 12.5 Å². The van der Waals surface area contributed by atoms with Gasteiger partial charge in [-0.2, -0.15) is 5.26 Å². The molecule has 0 fully saturated rings. The molecule has 1 aromatic rings. The average molecular weight is 310 g/mol. The van der Waals surface area contributed by atoms with Crippen LogP contribution in [0.25, 0.3) is 0 Å². The quantitative estimate of drug-likeness (QED) is 0.877. The Morgan fingerprint density at radius 3 is 2.89 bits per heavy atom. The number of nitriles is 1. The van der Waals surface area contributed by atoms with Gasteiger partial charge in [-0.05, 0) is 24.6 Å². The number of amides is 1. The lowest BCUT2D eigenvalue weighted by atomic mass is 10.0. The van der Waals surface area contributed by atoms with Crippen LogP contribution in [0.4, 0.5) is 5.69 Å². The predicted octanol–water partition coefficient (Wildman–Crippen LogP) is 2.63. The first-order valence-corrected chi connectivity index (χ1v) is 6.62. The fourth-order valence-electron chi connectivity index (χ4n) is 1.66. The van der Waals surface area contributed by atoms with Crippen molar-refractivity contribution in [3.63, 3.8) is 0 Å². The van der Waals surface area contributed by atoms with Gasteiger partial charge in [-0.1, -0.05) is 29.3 Å². The van der Waals surface area contributed by atoms with E-state index in [1.807, 2.05) is 6.92 Å². The number of carbonyl (C=O) groups is 1. The monoisotopic (exact) mass is 309 g/mol. The summed E-state index contributed by atoms with van der Waals surface area (Å²) in [6.45, 7) is 2.32. The molecule has 0 saturated heterocycles. The van der Waals surface area contributed by atoms with E-state index in [0.29, 0.717) is 17.8 Å². The molecule has 0 saturated carbocycles. The molecule has 0 heterocycles. The molecule has 4 nitrogen and oxygen atoms in total. The first-order chi connectivity index (χ1) is 8.62. The van der Waals surface area contributed by atoms with Crippen molar-refractivity contribution in [3.8, 4) is 6.07 Å². The van der Waals surface area contributed by atoms with E-state index >= 15 is 0 Å². The summed E-state index contributed by atoms with van der Waals surface area (Å²) in [6.07, 6.45) is 1.65. The van der Waals surface area contributed by atoms with Gasteiger partial charge < -0.3 is 11.1 Å². The molecule has 0 spiro atoms. The fraction of sp³-hybridized carbons (Fsp3) is 0.385. The second-order valence-corrected chi connectivity index (χ2v) is 4.93. The third-order valence-corrected chi connectivity index (χ3v) is 3.15. The van der Waals surface area contributed by atoms with Gasteiger partial charge in [-0.25, -0.2) is 0 Å². The number of benzene rings is 1. The molecule has 0 aromatic heterocycles. The van der Waals surface area contributed by atoms with Crippen LogP contribution in [0.15, 0.2) is 22.7 Å². The van der Waals surface area contributed by atoms with E-state index in [2.05, 4.69) is 27.3 Å². The van der Waals surface area contributed by atoms with Crippen LogP contribution < -0.4 is 11.1 Å². The Hall–Kier alpha value is -1.38. The van der Waals surface area contributed by atoms with Crippen molar-refractivity contribution in [1.29, 1.82) is 5.26 Å². The van der Waals surface area contributed by atoms with E-state index in [-0.39, 0.29) is 11.8 Å². The van der Waals surface area contributed by atoms with Crippen molar-refractivity contribution >= 4 is 27.5 Å². The number of nitrogens with one attached hydrogen (secondary N) is 1. The van der Waals surface area contributed by atoms with E-state index in [4.69, 9.17) is 11.0 Å². The number of hydrogen-bond donors (Lipinski definition) is 2. The summed E-state index contributed by atoms with van der Waals surface area (Å²) >= 11 is 3.31. The second kappa shape index (κ2) is 7.14. The molecule has 1 atom stereocenters. The standard InChI is InChI=1S/C13H16BrN3O/c1-2-3-10(8-16)13(18)17-12-6-11(14)5-4-9(12)7-15/h4-6,10H,2-3,8,16H2,1H3,(H,17,18). The number of carbonyl (C=O) groups excluding carboxylic acids is 1. The zero-order valence-corrected chi connectivity index (χ0v) is 11.8. The summed E-state index contributed by atoms with van der Waals surface area (Å²) < 4.78 is 0.816. The van der Waals surface area contributed by atoms with Crippen LogP contribution in [0, 0.1) is 17.2 Å². The molecule has 0 aliphatic carbocycles. The van der Waals surface area contributed by atoms with Gasteiger partial charge in [0, 0.05) is 11.0 Å². The molecule has 3 N–H and O–H groups in total. The second-order valence-electron chi connectivity index (χ2n) is 4.01. The number of nitrogens with two attached hydrogens (primary N) is 1. The lowest BCUT2D eigenvalue weighted by molar-refractivity contribution is -0.119. The molecule has 96 valence electrons. The maximum absolute atomic E-state index is 12.0. The Labute approximate surface area is 115 Å². The van der Waals surface area contributed by atoms with Crippen LogP contribution in [-0.2, 0) is 4.79 Å². The number of nitrogens with zero attached hydrogens (tertiary/aromatic N) is 1. The van der Waals surface area contributed by atoms with Crippen LogP contribution in [0.2, 0.25) is 0 Å². The first kappa shape index (κ1) is 14.7. The zero-order chi connectivity index (χ0) is 13.5. The third kappa shape index (κ3) is 3.83. The van der Waals surface area contributed by atoms with Crippen molar-refractivity contribution < 1.29 is 4.79 Å². The van der Waals surface area contributed by atoms with Gasteiger partial charge in [-0.3, -0.25) is 4.79 Å². The van der Waals surface area contributed by atoms with Crippen LogP contribution in [0.3, 0.4) is 0 Å². The highest BCUT2D eigenvalue weighted by atomic mass is 79.9. The minimum Gasteiger partial charge on any atom is -0.330 e. The maximum atomic E-state index is 12.0. The van der Waals surface area contributed by atoms with Crippen molar-refractivity contribution in [2.45, 2.75) is 19.8 Å². The summed E-state index contributed by atoms with van der Waals surface area (Å²) in [4.78, 5) is 12.0. The number of anilines is 1. The third-order valence-electron chi connectivity index (χ3n) is 2.65. The van der Waals surface area contributed by atoms with Gasteiger partial charge in [0.25, 0.3) is 0 Å². The van der Waals surface area contributed by atoms with Crippen molar-refractivity contribution in [1.82, 2.24) is 0 Å². The number of rotatable bonds is 5. The van der Waals surface area contributed by atoms with Gasteiger partial charge in [-0.15, -0.1) is 0 Å². The van der Waals surface area contributed by atoms with Gasteiger partial charge >= 0.3 is 0 Å². The molecule has 0 radical (unpaired) electrons. The van der Waals surface area contributed by atoms with Crippen molar-refractivity contribution in [2.75, 3.05) is 11.9 Å². The Kier molecular flexibility index (Phi) is 5.83. The minimum absolute atomic E-state index is 0.131. The topological polar surface area (TPSA) is 78.9 Å². The molecular weight excluding hydrogens is 294 g/mol. The van der Waals surface area contributed by atoms with Gasteiger partial charge in [0.1, 0.15) is 6.07 Å². The minimum atomic E-state index is -0.208. The Balaban J connectivity index is 2.87. The highest BCUT2D eigenvalue weighted by Gasteiger charge is 2.17. The normalized spacial score (nSPS) is 11.7. The van der Waals surface area contributed by atoms with Crippen molar-refractivity contribution in [2.24, 2.45) is 11.7 Å². The summed E-state index contributed by atoms with van der Waals surface area (Å²) in [5, 5.41) is 11.7. The fourth-order valence-corrected chi connectivity index (χ4v) is 2.02. The molecule has 1 unspecified atom stereocenters. The summed E-state index contributed by atoms with van der Waals surface area (Å²) in [7, 11) is 0. The van der Waals surface area contributed by atoms with Gasteiger partial charge in [0.05, 0.1) is 17.2 Å². The SMILES string of the molecule is CCCC(CN)C(=O)Nc1cc(Br)ccc1C#N. The lowest BCUT2D eigenvalue weighted by Crippen LogP contribution is -2.29. The maximum Gasteiger partial charge on any atom is 0.228 e. The molecule has 0 aliphatic heterocycles.